The van der Waals surface area contributed by atoms with E-state index >= 15 is 0 Å². The fourth-order valence-corrected chi connectivity index (χ4v) is 2.59. The zero-order valence-corrected chi connectivity index (χ0v) is 11.0. The van der Waals surface area contributed by atoms with Crippen molar-refractivity contribution in [3.8, 4) is 0 Å². The maximum atomic E-state index is 12.3. The number of carbonyl (C=O) groups excluding carboxylic acids is 1. The molecule has 0 aromatic heterocycles. The van der Waals surface area contributed by atoms with Crippen molar-refractivity contribution in [2.75, 3.05) is 13.1 Å². The Morgan fingerprint density at radius 2 is 2.06 bits per heavy atom. The van der Waals surface area contributed by atoms with Crippen molar-refractivity contribution in [2.45, 2.75) is 32.2 Å². The lowest BCUT2D eigenvalue weighted by Gasteiger charge is -2.37. The number of amides is 1. The van der Waals surface area contributed by atoms with Crippen LogP contribution < -0.4 is 5.73 Å². The van der Waals surface area contributed by atoms with Gasteiger partial charge in [-0.1, -0.05) is 30.3 Å². The van der Waals surface area contributed by atoms with Crippen LogP contribution in [0.2, 0.25) is 0 Å². The van der Waals surface area contributed by atoms with Crippen LogP contribution in [0.5, 0.6) is 0 Å². The minimum Gasteiger partial charge on any atom is -0.339 e. The molecule has 2 unspecified atom stereocenters. The standard InChI is InChI=1S/C15H22N2O/c1-12-7-8-14(10-16)11-17(12)15(18)9-13-5-3-2-4-6-13/h2-6,12,14H,7-11,16H2,1H3. The van der Waals surface area contributed by atoms with Crippen molar-refractivity contribution in [3.63, 3.8) is 0 Å². The van der Waals surface area contributed by atoms with Gasteiger partial charge in [-0.2, -0.15) is 0 Å². The van der Waals surface area contributed by atoms with Gasteiger partial charge in [-0.25, -0.2) is 0 Å². The molecule has 1 aliphatic heterocycles. The lowest BCUT2D eigenvalue weighted by Crippen LogP contribution is -2.47. The van der Waals surface area contributed by atoms with Gasteiger partial charge in [0.1, 0.15) is 0 Å². The summed E-state index contributed by atoms with van der Waals surface area (Å²) >= 11 is 0. The van der Waals surface area contributed by atoms with Gasteiger partial charge in [-0.3, -0.25) is 4.79 Å². The van der Waals surface area contributed by atoms with Crippen molar-refractivity contribution in [1.82, 2.24) is 4.90 Å². The topological polar surface area (TPSA) is 46.3 Å². The quantitative estimate of drug-likeness (QED) is 0.884. The maximum absolute atomic E-state index is 12.3. The molecular formula is C15H22N2O. The number of rotatable bonds is 3. The highest BCUT2D eigenvalue weighted by Gasteiger charge is 2.27. The predicted octanol–water partition coefficient (Wildman–Crippen LogP) is 1.81. The molecule has 1 amide bonds. The van der Waals surface area contributed by atoms with Crippen LogP contribution in [0.15, 0.2) is 30.3 Å². The monoisotopic (exact) mass is 246 g/mol. The molecule has 1 heterocycles. The number of likely N-dealkylation sites (tertiary alicyclic amines) is 1. The molecule has 3 heteroatoms. The highest BCUT2D eigenvalue weighted by molar-refractivity contribution is 5.79. The Balaban J connectivity index is 1.99. The maximum Gasteiger partial charge on any atom is 0.227 e. The second-order valence-electron chi connectivity index (χ2n) is 5.24. The number of piperidine rings is 1. The number of hydrogen-bond donors (Lipinski definition) is 1. The first-order valence-electron chi connectivity index (χ1n) is 6.74. The summed E-state index contributed by atoms with van der Waals surface area (Å²) in [7, 11) is 0. The minimum absolute atomic E-state index is 0.229. The van der Waals surface area contributed by atoms with Gasteiger partial charge in [0.25, 0.3) is 0 Å². The van der Waals surface area contributed by atoms with Crippen LogP contribution in [-0.2, 0) is 11.2 Å². The summed E-state index contributed by atoms with van der Waals surface area (Å²) < 4.78 is 0. The lowest BCUT2D eigenvalue weighted by molar-refractivity contribution is -0.134. The van der Waals surface area contributed by atoms with E-state index in [0.717, 1.165) is 24.9 Å². The summed E-state index contributed by atoms with van der Waals surface area (Å²) in [5.41, 5.74) is 6.81. The van der Waals surface area contributed by atoms with E-state index in [9.17, 15) is 4.79 Å². The van der Waals surface area contributed by atoms with Crippen molar-refractivity contribution < 1.29 is 4.79 Å². The average Bonchev–Trinajstić information content (AvgIpc) is 2.40. The van der Waals surface area contributed by atoms with E-state index in [1.807, 2.05) is 35.2 Å². The second kappa shape index (κ2) is 6.01. The first kappa shape index (κ1) is 13.1. The molecule has 0 aliphatic carbocycles. The molecule has 2 atom stereocenters. The number of carbonyl (C=O) groups is 1. The number of benzene rings is 1. The number of nitrogens with zero attached hydrogens (tertiary/aromatic N) is 1. The largest absolute Gasteiger partial charge is 0.339 e. The SMILES string of the molecule is CC1CCC(CN)CN1C(=O)Cc1ccccc1. The van der Waals surface area contributed by atoms with Gasteiger partial charge in [0.05, 0.1) is 6.42 Å². The fraction of sp³-hybridized carbons (Fsp3) is 0.533. The molecule has 2 N–H and O–H groups in total. The average molecular weight is 246 g/mol. The highest BCUT2D eigenvalue weighted by Crippen LogP contribution is 2.22. The van der Waals surface area contributed by atoms with Crippen LogP contribution in [0.1, 0.15) is 25.3 Å². The van der Waals surface area contributed by atoms with Crippen molar-refractivity contribution >= 4 is 5.91 Å². The lowest BCUT2D eigenvalue weighted by atomic mass is 9.93. The van der Waals surface area contributed by atoms with Crippen molar-refractivity contribution in [3.05, 3.63) is 35.9 Å². The molecule has 98 valence electrons. The molecule has 18 heavy (non-hydrogen) atoms. The molecule has 3 nitrogen and oxygen atoms in total. The Hall–Kier alpha value is -1.35. The predicted molar refractivity (Wildman–Crippen MR) is 73.1 cm³/mol. The van der Waals surface area contributed by atoms with Crippen molar-refractivity contribution in [2.24, 2.45) is 11.7 Å². The molecule has 1 saturated heterocycles. The van der Waals surface area contributed by atoms with E-state index < -0.39 is 0 Å². The van der Waals surface area contributed by atoms with E-state index in [1.165, 1.54) is 0 Å². The Morgan fingerprint density at radius 3 is 2.72 bits per heavy atom. The molecule has 1 aromatic carbocycles. The van der Waals surface area contributed by atoms with Crippen LogP contribution in [0.25, 0.3) is 0 Å². The van der Waals surface area contributed by atoms with Gasteiger partial charge in [-0.15, -0.1) is 0 Å². The van der Waals surface area contributed by atoms with Gasteiger partial charge in [0.15, 0.2) is 0 Å². The van der Waals surface area contributed by atoms with E-state index in [-0.39, 0.29) is 5.91 Å². The van der Waals surface area contributed by atoms with Crippen molar-refractivity contribution in [1.29, 1.82) is 0 Å². The highest BCUT2D eigenvalue weighted by atomic mass is 16.2. The van der Waals surface area contributed by atoms with Gasteiger partial charge in [0.2, 0.25) is 5.91 Å². The zero-order valence-electron chi connectivity index (χ0n) is 11.0. The molecule has 0 spiro atoms. The molecule has 1 aromatic rings. The van der Waals surface area contributed by atoms with Gasteiger partial charge < -0.3 is 10.6 Å². The van der Waals surface area contributed by atoms with Crippen LogP contribution in [-0.4, -0.2) is 29.9 Å². The smallest absolute Gasteiger partial charge is 0.227 e. The first-order valence-corrected chi connectivity index (χ1v) is 6.74. The van der Waals surface area contributed by atoms with E-state index in [2.05, 4.69) is 6.92 Å². The van der Waals surface area contributed by atoms with Crippen LogP contribution >= 0.6 is 0 Å². The second-order valence-corrected chi connectivity index (χ2v) is 5.24. The molecule has 0 saturated carbocycles. The Bertz CT molecular complexity index is 391. The van der Waals surface area contributed by atoms with E-state index in [0.29, 0.717) is 24.9 Å². The Labute approximate surface area is 109 Å². The normalized spacial score (nSPS) is 24.0. The van der Waals surface area contributed by atoms with Gasteiger partial charge in [-0.05, 0) is 37.8 Å². The summed E-state index contributed by atoms with van der Waals surface area (Å²) in [4.78, 5) is 14.3. The Kier molecular flexibility index (Phi) is 4.37. The number of nitrogens with two attached hydrogens (primary N) is 1. The first-order chi connectivity index (χ1) is 8.70. The molecule has 1 fully saturated rings. The zero-order chi connectivity index (χ0) is 13.0. The minimum atomic E-state index is 0.229. The molecular weight excluding hydrogens is 224 g/mol. The summed E-state index contributed by atoms with van der Waals surface area (Å²) in [6.07, 6.45) is 2.72. The fourth-order valence-electron chi connectivity index (χ4n) is 2.59. The van der Waals surface area contributed by atoms with E-state index in [4.69, 9.17) is 5.73 Å². The van der Waals surface area contributed by atoms with E-state index in [1.54, 1.807) is 0 Å². The van der Waals surface area contributed by atoms with Crippen LogP contribution in [0.4, 0.5) is 0 Å². The summed E-state index contributed by atoms with van der Waals surface area (Å²) in [5.74, 6) is 0.702. The van der Waals surface area contributed by atoms with Crippen LogP contribution in [0.3, 0.4) is 0 Å². The third-order valence-corrected chi connectivity index (χ3v) is 3.83. The Morgan fingerprint density at radius 1 is 1.33 bits per heavy atom. The van der Waals surface area contributed by atoms with Gasteiger partial charge >= 0.3 is 0 Å². The third-order valence-electron chi connectivity index (χ3n) is 3.83. The summed E-state index contributed by atoms with van der Waals surface area (Å²) in [6, 6.07) is 10.3. The number of hydrogen-bond acceptors (Lipinski definition) is 2. The summed E-state index contributed by atoms with van der Waals surface area (Å²) in [6.45, 7) is 3.64. The molecule has 0 radical (unpaired) electrons. The van der Waals surface area contributed by atoms with Gasteiger partial charge in [0, 0.05) is 12.6 Å². The molecule has 0 bridgehead atoms. The van der Waals surface area contributed by atoms with Crippen LogP contribution in [0, 0.1) is 5.92 Å². The molecule has 1 aliphatic rings. The molecule has 2 rings (SSSR count). The third kappa shape index (κ3) is 3.10. The summed E-state index contributed by atoms with van der Waals surface area (Å²) in [5, 5.41) is 0.